The number of benzene rings is 1. The number of guanidine groups is 1. The van der Waals surface area contributed by atoms with E-state index in [9.17, 15) is 0 Å². The molecule has 5 nitrogen and oxygen atoms in total. The third-order valence-corrected chi connectivity index (χ3v) is 3.78. The summed E-state index contributed by atoms with van der Waals surface area (Å²) in [6, 6.07) is 8.99. The first-order valence-electron chi connectivity index (χ1n) is 8.09. The van der Waals surface area contributed by atoms with E-state index < -0.39 is 0 Å². The van der Waals surface area contributed by atoms with Crippen molar-refractivity contribution in [2.75, 3.05) is 32.1 Å². The Morgan fingerprint density at radius 3 is 2.57 bits per heavy atom. The number of rotatable bonds is 8. The van der Waals surface area contributed by atoms with Crippen LogP contribution in [0.2, 0.25) is 0 Å². The Balaban J connectivity index is 0.00000264. The predicted octanol–water partition coefficient (Wildman–Crippen LogP) is 2.83. The van der Waals surface area contributed by atoms with Crippen LogP contribution in [-0.2, 0) is 11.3 Å². The second-order valence-corrected chi connectivity index (χ2v) is 5.78. The molecule has 0 bridgehead atoms. The van der Waals surface area contributed by atoms with Crippen molar-refractivity contribution in [3.05, 3.63) is 29.8 Å². The molecule has 1 aromatic carbocycles. The van der Waals surface area contributed by atoms with Gasteiger partial charge in [0.2, 0.25) is 0 Å². The molecule has 0 heterocycles. The normalized spacial score (nSPS) is 19.7. The number of ether oxygens (including phenoxy) is 1. The standard InChI is InChI=1S/C17H28N4O.HI/c1-4-18-17(21-16-11-13(16)2)20-12-14-5-7-15(8-6-14)19-9-10-22-3;/h5-8,13,16,19H,4,9-12H2,1-3H3,(H2,18,20,21);1H. The minimum atomic E-state index is 0. The van der Waals surface area contributed by atoms with E-state index in [0.717, 1.165) is 30.7 Å². The number of anilines is 1. The minimum absolute atomic E-state index is 0. The van der Waals surface area contributed by atoms with Gasteiger partial charge in [0.05, 0.1) is 13.2 Å². The number of hydrogen-bond donors (Lipinski definition) is 3. The Kier molecular flexibility index (Phi) is 9.31. The van der Waals surface area contributed by atoms with Crippen molar-refractivity contribution in [3.8, 4) is 0 Å². The summed E-state index contributed by atoms with van der Waals surface area (Å²) in [5.41, 5.74) is 2.32. The smallest absolute Gasteiger partial charge is 0.191 e. The molecule has 2 rings (SSSR count). The maximum atomic E-state index is 5.03. The van der Waals surface area contributed by atoms with Crippen LogP contribution in [-0.4, -0.2) is 38.8 Å². The third kappa shape index (κ3) is 7.39. The van der Waals surface area contributed by atoms with E-state index in [4.69, 9.17) is 4.74 Å². The zero-order valence-corrected chi connectivity index (χ0v) is 16.6. The second-order valence-electron chi connectivity index (χ2n) is 5.78. The van der Waals surface area contributed by atoms with Crippen molar-refractivity contribution in [1.29, 1.82) is 0 Å². The highest BCUT2D eigenvalue weighted by Gasteiger charge is 2.33. The van der Waals surface area contributed by atoms with Crippen LogP contribution in [0.15, 0.2) is 29.3 Å². The first-order chi connectivity index (χ1) is 10.7. The lowest BCUT2D eigenvalue weighted by Crippen LogP contribution is -2.39. The Morgan fingerprint density at radius 1 is 1.30 bits per heavy atom. The molecule has 2 atom stereocenters. The molecular formula is C17H29IN4O. The van der Waals surface area contributed by atoms with Gasteiger partial charge >= 0.3 is 0 Å². The summed E-state index contributed by atoms with van der Waals surface area (Å²) >= 11 is 0. The Hall–Kier alpha value is -1.02. The molecule has 0 saturated heterocycles. The molecule has 1 fully saturated rings. The van der Waals surface area contributed by atoms with Crippen molar-refractivity contribution in [3.63, 3.8) is 0 Å². The lowest BCUT2D eigenvalue weighted by Gasteiger charge is -2.11. The summed E-state index contributed by atoms with van der Waals surface area (Å²) in [4.78, 5) is 4.66. The van der Waals surface area contributed by atoms with Gasteiger partial charge in [0.1, 0.15) is 0 Å². The molecule has 0 aromatic heterocycles. The lowest BCUT2D eigenvalue weighted by atomic mass is 10.2. The zero-order chi connectivity index (χ0) is 15.8. The van der Waals surface area contributed by atoms with Crippen LogP contribution < -0.4 is 16.0 Å². The van der Waals surface area contributed by atoms with Gasteiger partial charge in [0.15, 0.2) is 5.96 Å². The fourth-order valence-corrected chi connectivity index (χ4v) is 2.21. The van der Waals surface area contributed by atoms with Gasteiger partial charge in [-0.05, 0) is 37.0 Å². The number of aliphatic imine (C=N–C) groups is 1. The monoisotopic (exact) mass is 432 g/mol. The molecule has 130 valence electrons. The number of methoxy groups -OCH3 is 1. The van der Waals surface area contributed by atoms with Gasteiger partial charge in [0.25, 0.3) is 0 Å². The predicted molar refractivity (Wildman–Crippen MR) is 108 cm³/mol. The first-order valence-corrected chi connectivity index (χ1v) is 8.09. The fraction of sp³-hybridized carbons (Fsp3) is 0.588. The van der Waals surface area contributed by atoms with Crippen molar-refractivity contribution < 1.29 is 4.74 Å². The van der Waals surface area contributed by atoms with Crippen LogP contribution in [0.5, 0.6) is 0 Å². The summed E-state index contributed by atoms with van der Waals surface area (Å²) in [5, 5.41) is 10.1. The van der Waals surface area contributed by atoms with E-state index in [2.05, 4.69) is 59.1 Å². The van der Waals surface area contributed by atoms with Crippen molar-refractivity contribution in [2.45, 2.75) is 32.9 Å². The quantitative estimate of drug-likeness (QED) is 0.256. The zero-order valence-electron chi connectivity index (χ0n) is 14.3. The summed E-state index contributed by atoms with van der Waals surface area (Å²) in [6.45, 7) is 7.46. The van der Waals surface area contributed by atoms with E-state index in [1.54, 1.807) is 7.11 Å². The van der Waals surface area contributed by atoms with Gasteiger partial charge in [-0.25, -0.2) is 4.99 Å². The summed E-state index contributed by atoms with van der Waals surface area (Å²) in [6.07, 6.45) is 1.24. The number of halogens is 1. The summed E-state index contributed by atoms with van der Waals surface area (Å²) in [5.74, 6) is 1.68. The molecule has 1 saturated carbocycles. The van der Waals surface area contributed by atoms with Gasteiger partial charge in [-0.2, -0.15) is 0 Å². The van der Waals surface area contributed by atoms with Gasteiger partial charge in [-0.15, -0.1) is 24.0 Å². The van der Waals surface area contributed by atoms with Gasteiger partial charge in [0, 0.05) is 31.9 Å². The van der Waals surface area contributed by atoms with E-state index in [1.165, 1.54) is 12.0 Å². The van der Waals surface area contributed by atoms with Crippen LogP contribution in [0.4, 0.5) is 5.69 Å². The highest BCUT2D eigenvalue weighted by Crippen LogP contribution is 2.28. The molecule has 0 aliphatic heterocycles. The molecule has 23 heavy (non-hydrogen) atoms. The molecule has 3 N–H and O–H groups in total. The molecule has 0 radical (unpaired) electrons. The van der Waals surface area contributed by atoms with Crippen molar-refractivity contribution in [2.24, 2.45) is 10.9 Å². The van der Waals surface area contributed by atoms with Gasteiger partial charge in [-0.1, -0.05) is 19.1 Å². The Labute approximate surface area is 156 Å². The summed E-state index contributed by atoms with van der Waals surface area (Å²) < 4.78 is 5.03. The number of nitrogens with zero attached hydrogens (tertiary/aromatic N) is 1. The van der Waals surface area contributed by atoms with Crippen LogP contribution in [0.1, 0.15) is 25.8 Å². The van der Waals surface area contributed by atoms with Crippen molar-refractivity contribution in [1.82, 2.24) is 10.6 Å². The average Bonchev–Trinajstić information content (AvgIpc) is 3.22. The van der Waals surface area contributed by atoms with Crippen LogP contribution in [0, 0.1) is 5.92 Å². The van der Waals surface area contributed by atoms with Crippen LogP contribution in [0.25, 0.3) is 0 Å². The highest BCUT2D eigenvalue weighted by atomic mass is 127. The molecule has 1 aliphatic carbocycles. The first kappa shape index (κ1) is 20.0. The number of nitrogens with one attached hydrogen (secondary N) is 3. The van der Waals surface area contributed by atoms with E-state index in [1.807, 2.05) is 0 Å². The third-order valence-electron chi connectivity index (χ3n) is 3.78. The summed E-state index contributed by atoms with van der Waals surface area (Å²) in [7, 11) is 1.71. The Bertz CT molecular complexity index is 478. The molecular weight excluding hydrogens is 403 g/mol. The maximum Gasteiger partial charge on any atom is 0.191 e. The lowest BCUT2D eigenvalue weighted by molar-refractivity contribution is 0.211. The van der Waals surface area contributed by atoms with E-state index in [-0.39, 0.29) is 24.0 Å². The maximum absolute atomic E-state index is 5.03. The largest absolute Gasteiger partial charge is 0.383 e. The Morgan fingerprint density at radius 2 is 2.00 bits per heavy atom. The SMILES string of the molecule is CCNC(=NCc1ccc(NCCOC)cc1)NC1CC1C.I. The van der Waals surface area contributed by atoms with E-state index >= 15 is 0 Å². The second kappa shape index (κ2) is 10.7. The minimum Gasteiger partial charge on any atom is -0.383 e. The van der Waals surface area contributed by atoms with Crippen LogP contribution >= 0.6 is 24.0 Å². The molecule has 6 heteroatoms. The fourth-order valence-electron chi connectivity index (χ4n) is 2.21. The van der Waals surface area contributed by atoms with Gasteiger partial charge < -0.3 is 20.7 Å². The topological polar surface area (TPSA) is 57.7 Å². The van der Waals surface area contributed by atoms with E-state index in [0.29, 0.717) is 19.2 Å². The number of hydrogen-bond acceptors (Lipinski definition) is 3. The molecule has 1 aliphatic rings. The van der Waals surface area contributed by atoms with Crippen molar-refractivity contribution >= 4 is 35.6 Å². The molecule has 0 amide bonds. The average molecular weight is 432 g/mol. The highest BCUT2D eigenvalue weighted by molar-refractivity contribution is 14.0. The van der Waals surface area contributed by atoms with Gasteiger partial charge in [-0.3, -0.25) is 0 Å². The molecule has 2 unspecified atom stereocenters. The molecule has 0 spiro atoms. The van der Waals surface area contributed by atoms with Crippen LogP contribution in [0.3, 0.4) is 0 Å². The molecule has 1 aromatic rings.